The Labute approximate surface area is 157 Å². The van der Waals surface area contributed by atoms with Gasteiger partial charge in [0.15, 0.2) is 6.23 Å². The summed E-state index contributed by atoms with van der Waals surface area (Å²) in [5, 5.41) is 7.17. The zero-order valence-corrected chi connectivity index (χ0v) is 16.5. The van der Waals surface area contributed by atoms with Gasteiger partial charge in [-0.1, -0.05) is 59.6 Å². The van der Waals surface area contributed by atoms with Crippen molar-refractivity contribution in [2.24, 2.45) is 11.0 Å². The lowest BCUT2D eigenvalue weighted by molar-refractivity contribution is -0.0291. The van der Waals surface area contributed by atoms with E-state index < -0.39 is 0 Å². The van der Waals surface area contributed by atoms with E-state index in [0.29, 0.717) is 5.92 Å². The van der Waals surface area contributed by atoms with E-state index in [-0.39, 0.29) is 12.3 Å². The van der Waals surface area contributed by atoms with Gasteiger partial charge in [-0.05, 0) is 36.6 Å². The summed E-state index contributed by atoms with van der Waals surface area (Å²) >= 11 is 3.60. The SMILES string of the molecule is Cc1ccc(C2=NN3[C@@H](CC(C)C)Oc4ccc(Br)cc4[C@@H]3C2)cc1. The Morgan fingerprint density at radius 3 is 2.68 bits per heavy atom. The smallest absolute Gasteiger partial charge is 0.188 e. The first kappa shape index (κ1) is 16.6. The Morgan fingerprint density at radius 2 is 1.96 bits per heavy atom. The molecule has 0 fully saturated rings. The normalized spacial score (nSPS) is 21.6. The predicted molar refractivity (Wildman–Crippen MR) is 105 cm³/mol. The zero-order valence-electron chi connectivity index (χ0n) is 14.9. The third kappa shape index (κ3) is 3.20. The fourth-order valence-corrected chi connectivity index (χ4v) is 3.99. The van der Waals surface area contributed by atoms with E-state index in [1.807, 2.05) is 0 Å². The molecular formula is C21H23BrN2O. The fourth-order valence-electron chi connectivity index (χ4n) is 3.61. The molecule has 0 unspecified atom stereocenters. The summed E-state index contributed by atoms with van der Waals surface area (Å²) in [7, 11) is 0. The van der Waals surface area contributed by atoms with Gasteiger partial charge in [0, 0.05) is 22.9 Å². The molecule has 0 radical (unpaired) electrons. The second kappa shape index (κ2) is 6.49. The molecule has 25 heavy (non-hydrogen) atoms. The summed E-state index contributed by atoms with van der Waals surface area (Å²) in [4.78, 5) is 0. The Balaban J connectivity index is 1.72. The summed E-state index contributed by atoms with van der Waals surface area (Å²) in [6.07, 6.45) is 1.89. The lowest BCUT2D eigenvalue weighted by Crippen LogP contribution is -2.41. The van der Waals surface area contributed by atoms with Crippen molar-refractivity contribution in [1.29, 1.82) is 0 Å². The monoisotopic (exact) mass is 398 g/mol. The van der Waals surface area contributed by atoms with Crippen LogP contribution in [0.25, 0.3) is 0 Å². The number of ether oxygens (including phenoxy) is 1. The number of fused-ring (bicyclic) bond motifs is 3. The molecule has 2 aliphatic rings. The highest BCUT2D eigenvalue weighted by Gasteiger charge is 2.40. The highest BCUT2D eigenvalue weighted by molar-refractivity contribution is 9.10. The van der Waals surface area contributed by atoms with Crippen molar-refractivity contribution in [2.45, 2.75) is 45.9 Å². The third-order valence-electron chi connectivity index (χ3n) is 4.89. The molecule has 2 atom stereocenters. The van der Waals surface area contributed by atoms with Crippen LogP contribution >= 0.6 is 15.9 Å². The van der Waals surface area contributed by atoms with E-state index in [9.17, 15) is 0 Å². The van der Waals surface area contributed by atoms with Crippen LogP contribution in [0, 0.1) is 12.8 Å². The minimum atomic E-state index is 0.00150. The summed E-state index contributed by atoms with van der Waals surface area (Å²) in [6, 6.07) is 15.2. The van der Waals surface area contributed by atoms with Gasteiger partial charge in [0.2, 0.25) is 0 Å². The molecule has 0 aliphatic carbocycles. The summed E-state index contributed by atoms with van der Waals surface area (Å²) in [5.74, 6) is 1.55. The fraction of sp³-hybridized carbons (Fsp3) is 0.381. The van der Waals surface area contributed by atoms with Crippen molar-refractivity contribution >= 4 is 21.6 Å². The van der Waals surface area contributed by atoms with Crippen LogP contribution in [-0.2, 0) is 0 Å². The maximum absolute atomic E-state index is 6.31. The molecule has 0 saturated heterocycles. The second-order valence-electron chi connectivity index (χ2n) is 7.40. The highest BCUT2D eigenvalue weighted by atomic mass is 79.9. The molecule has 130 valence electrons. The molecule has 4 heteroatoms. The van der Waals surface area contributed by atoms with Crippen LogP contribution in [0.3, 0.4) is 0 Å². The molecule has 0 N–H and O–H groups in total. The Morgan fingerprint density at radius 1 is 1.20 bits per heavy atom. The Hall–Kier alpha value is -1.81. The molecule has 0 bridgehead atoms. The minimum absolute atomic E-state index is 0.00150. The average Bonchev–Trinajstić information content (AvgIpc) is 3.01. The van der Waals surface area contributed by atoms with E-state index in [2.05, 4.69) is 84.2 Å². The summed E-state index contributed by atoms with van der Waals surface area (Å²) in [6.45, 7) is 6.58. The van der Waals surface area contributed by atoms with E-state index in [4.69, 9.17) is 9.84 Å². The number of benzene rings is 2. The number of hydrogen-bond acceptors (Lipinski definition) is 3. The molecule has 2 aromatic carbocycles. The maximum atomic E-state index is 6.31. The largest absolute Gasteiger partial charge is 0.469 e. The van der Waals surface area contributed by atoms with Gasteiger partial charge in [-0.15, -0.1) is 0 Å². The van der Waals surface area contributed by atoms with Crippen LogP contribution in [0.2, 0.25) is 0 Å². The van der Waals surface area contributed by atoms with Gasteiger partial charge < -0.3 is 4.74 Å². The summed E-state index contributed by atoms with van der Waals surface area (Å²) in [5.41, 5.74) is 4.85. The first-order valence-electron chi connectivity index (χ1n) is 8.90. The van der Waals surface area contributed by atoms with Gasteiger partial charge in [-0.2, -0.15) is 5.10 Å². The van der Waals surface area contributed by atoms with E-state index in [0.717, 1.165) is 28.8 Å². The second-order valence-corrected chi connectivity index (χ2v) is 8.31. The number of aryl methyl sites for hydroxylation is 1. The van der Waals surface area contributed by atoms with Gasteiger partial charge >= 0.3 is 0 Å². The maximum Gasteiger partial charge on any atom is 0.188 e. The van der Waals surface area contributed by atoms with E-state index in [1.165, 1.54) is 16.7 Å². The molecule has 2 aliphatic heterocycles. The molecule has 4 rings (SSSR count). The highest BCUT2D eigenvalue weighted by Crippen LogP contribution is 2.45. The standard InChI is InChI=1S/C21H23BrN2O/c1-13(2)10-21-24-19(17-11-16(22)8-9-20(17)25-21)12-18(23-24)15-6-4-14(3)5-7-15/h4-9,11,13,19,21H,10,12H2,1-3H3/t19-,21+/m0/s1. The number of hydrazone groups is 1. The van der Waals surface area contributed by atoms with Gasteiger partial charge in [-0.25, -0.2) is 0 Å². The lowest BCUT2D eigenvalue weighted by Gasteiger charge is -2.38. The van der Waals surface area contributed by atoms with E-state index >= 15 is 0 Å². The number of nitrogens with zero attached hydrogens (tertiary/aromatic N) is 2. The summed E-state index contributed by atoms with van der Waals surface area (Å²) < 4.78 is 7.40. The molecule has 0 amide bonds. The molecule has 2 heterocycles. The molecule has 0 spiro atoms. The first-order chi connectivity index (χ1) is 12.0. The van der Waals surface area contributed by atoms with Gasteiger partial charge in [-0.3, -0.25) is 5.01 Å². The Kier molecular flexibility index (Phi) is 4.32. The predicted octanol–water partition coefficient (Wildman–Crippen LogP) is 5.67. The lowest BCUT2D eigenvalue weighted by atomic mass is 9.95. The Bertz CT molecular complexity index is 813. The van der Waals surface area contributed by atoms with Crippen molar-refractivity contribution < 1.29 is 4.74 Å². The van der Waals surface area contributed by atoms with Crippen LogP contribution in [0.15, 0.2) is 52.0 Å². The van der Waals surface area contributed by atoms with Crippen molar-refractivity contribution in [2.75, 3.05) is 0 Å². The van der Waals surface area contributed by atoms with Crippen LogP contribution in [0.1, 0.15) is 49.4 Å². The molecule has 0 saturated carbocycles. The minimum Gasteiger partial charge on any atom is -0.469 e. The van der Waals surface area contributed by atoms with Crippen molar-refractivity contribution in [3.63, 3.8) is 0 Å². The molecule has 3 nitrogen and oxygen atoms in total. The zero-order chi connectivity index (χ0) is 17.6. The average molecular weight is 399 g/mol. The quantitative estimate of drug-likeness (QED) is 0.664. The van der Waals surface area contributed by atoms with Crippen molar-refractivity contribution in [1.82, 2.24) is 5.01 Å². The topological polar surface area (TPSA) is 24.8 Å². The van der Waals surface area contributed by atoms with Crippen LogP contribution in [0.5, 0.6) is 5.75 Å². The third-order valence-corrected chi connectivity index (χ3v) is 5.38. The number of halogens is 1. The first-order valence-corrected chi connectivity index (χ1v) is 9.69. The van der Waals surface area contributed by atoms with Crippen LogP contribution < -0.4 is 4.74 Å². The number of hydrogen-bond donors (Lipinski definition) is 0. The van der Waals surface area contributed by atoms with Gasteiger partial charge in [0.05, 0.1) is 11.8 Å². The molecule has 0 aromatic heterocycles. The van der Waals surface area contributed by atoms with Gasteiger partial charge in [0.25, 0.3) is 0 Å². The molecular weight excluding hydrogens is 376 g/mol. The number of rotatable bonds is 3. The van der Waals surface area contributed by atoms with Crippen molar-refractivity contribution in [3.8, 4) is 5.75 Å². The van der Waals surface area contributed by atoms with Crippen molar-refractivity contribution in [3.05, 3.63) is 63.6 Å². The molecule has 2 aromatic rings. The van der Waals surface area contributed by atoms with E-state index in [1.54, 1.807) is 0 Å². The van der Waals surface area contributed by atoms with Gasteiger partial charge in [0.1, 0.15) is 5.75 Å². The van der Waals surface area contributed by atoms with Crippen LogP contribution in [-0.4, -0.2) is 16.9 Å². The van der Waals surface area contributed by atoms with Crippen LogP contribution in [0.4, 0.5) is 0 Å².